The average molecular weight is 542 g/mol. The number of amides is 3. The van der Waals surface area contributed by atoms with Crippen molar-refractivity contribution in [2.75, 3.05) is 6.54 Å². The molecule has 2 rings (SSSR count). The molecule has 0 aliphatic carbocycles. The van der Waals surface area contributed by atoms with Crippen LogP contribution in [0.3, 0.4) is 0 Å². The zero-order valence-corrected chi connectivity index (χ0v) is 23.9. The SMILES string of the molecule is CCCCCN(C(=O)C(Cc1ccc(O)cc1)NC(=O)OC(C)(C)C)C(C(=O)NC(C)C)c1cccc(O)c1. The second-order valence-corrected chi connectivity index (χ2v) is 11.0. The van der Waals surface area contributed by atoms with E-state index in [1.54, 1.807) is 45.0 Å². The van der Waals surface area contributed by atoms with Gasteiger partial charge in [-0.2, -0.15) is 0 Å². The molecular weight excluding hydrogens is 498 g/mol. The Kier molecular flexibility index (Phi) is 11.6. The molecule has 2 atom stereocenters. The van der Waals surface area contributed by atoms with Gasteiger partial charge in [-0.05, 0) is 76.4 Å². The van der Waals surface area contributed by atoms with Gasteiger partial charge in [-0.15, -0.1) is 0 Å². The van der Waals surface area contributed by atoms with Crippen LogP contribution in [-0.4, -0.2) is 57.3 Å². The van der Waals surface area contributed by atoms with Crippen molar-refractivity contribution in [1.29, 1.82) is 0 Å². The quantitative estimate of drug-likeness (QED) is 0.285. The van der Waals surface area contributed by atoms with E-state index in [1.807, 2.05) is 20.8 Å². The van der Waals surface area contributed by atoms with Crippen LogP contribution >= 0.6 is 0 Å². The third-order valence-corrected chi connectivity index (χ3v) is 5.83. The van der Waals surface area contributed by atoms with Crippen molar-refractivity contribution in [2.24, 2.45) is 0 Å². The Morgan fingerprint density at radius 3 is 2.18 bits per heavy atom. The monoisotopic (exact) mass is 541 g/mol. The lowest BCUT2D eigenvalue weighted by Crippen LogP contribution is -2.54. The van der Waals surface area contributed by atoms with E-state index in [0.29, 0.717) is 17.5 Å². The van der Waals surface area contributed by atoms with Gasteiger partial charge in [0, 0.05) is 19.0 Å². The fraction of sp³-hybridized carbons (Fsp3) is 0.500. The average Bonchev–Trinajstić information content (AvgIpc) is 2.82. The zero-order chi connectivity index (χ0) is 29.2. The first-order valence-electron chi connectivity index (χ1n) is 13.5. The molecule has 2 aromatic rings. The van der Waals surface area contributed by atoms with Crippen LogP contribution in [0.5, 0.6) is 11.5 Å². The third-order valence-electron chi connectivity index (χ3n) is 5.83. The normalized spacial score (nSPS) is 12.9. The summed E-state index contributed by atoms with van der Waals surface area (Å²) < 4.78 is 5.44. The van der Waals surface area contributed by atoms with Crippen molar-refractivity contribution in [1.82, 2.24) is 15.5 Å². The first-order chi connectivity index (χ1) is 18.3. The maximum atomic E-state index is 14.3. The Hall–Kier alpha value is -3.75. The number of carbonyl (C=O) groups excluding carboxylic acids is 3. The van der Waals surface area contributed by atoms with Gasteiger partial charge in [0.15, 0.2) is 0 Å². The minimum atomic E-state index is -1.06. The number of unbranched alkanes of at least 4 members (excludes halogenated alkanes) is 2. The van der Waals surface area contributed by atoms with Crippen molar-refractivity contribution < 1.29 is 29.3 Å². The molecule has 4 N–H and O–H groups in total. The highest BCUT2D eigenvalue weighted by Crippen LogP contribution is 2.27. The molecule has 0 aliphatic heterocycles. The van der Waals surface area contributed by atoms with Gasteiger partial charge in [0.1, 0.15) is 29.2 Å². The molecule has 0 aromatic heterocycles. The zero-order valence-electron chi connectivity index (χ0n) is 23.9. The maximum absolute atomic E-state index is 14.3. The van der Waals surface area contributed by atoms with Crippen molar-refractivity contribution in [3.8, 4) is 11.5 Å². The van der Waals surface area contributed by atoms with Gasteiger partial charge >= 0.3 is 6.09 Å². The topological polar surface area (TPSA) is 128 Å². The molecule has 0 heterocycles. The van der Waals surface area contributed by atoms with Crippen molar-refractivity contribution >= 4 is 17.9 Å². The van der Waals surface area contributed by atoms with E-state index in [4.69, 9.17) is 4.74 Å². The molecule has 214 valence electrons. The molecule has 0 fully saturated rings. The van der Waals surface area contributed by atoms with Crippen LogP contribution < -0.4 is 10.6 Å². The number of carbonyl (C=O) groups is 3. The Morgan fingerprint density at radius 2 is 1.62 bits per heavy atom. The molecule has 0 spiro atoms. The minimum absolute atomic E-state index is 0.0247. The van der Waals surface area contributed by atoms with Crippen LogP contribution in [0, 0.1) is 0 Å². The summed E-state index contributed by atoms with van der Waals surface area (Å²) in [6.45, 7) is 11.2. The number of phenols is 2. The van der Waals surface area contributed by atoms with Gasteiger partial charge in [0.2, 0.25) is 11.8 Å². The lowest BCUT2D eigenvalue weighted by Gasteiger charge is -2.35. The molecule has 0 radical (unpaired) electrons. The van der Waals surface area contributed by atoms with Crippen molar-refractivity contribution in [2.45, 2.75) is 91.0 Å². The number of rotatable bonds is 12. The van der Waals surface area contributed by atoms with Crippen LogP contribution in [0.4, 0.5) is 4.79 Å². The number of nitrogens with zero attached hydrogens (tertiary/aromatic N) is 1. The van der Waals surface area contributed by atoms with Crippen LogP contribution in [-0.2, 0) is 20.7 Å². The molecule has 9 heteroatoms. The maximum Gasteiger partial charge on any atom is 0.408 e. The fourth-order valence-electron chi connectivity index (χ4n) is 4.15. The van der Waals surface area contributed by atoms with Crippen LogP contribution in [0.1, 0.15) is 78.0 Å². The largest absolute Gasteiger partial charge is 0.508 e. The highest BCUT2D eigenvalue weighted by molar-refractivity contribution is 5.92. The summed E-state index contributed by atoms with van der Waals surface area (Å²) in [7, 11) is 0. The molecule has 0 saturated heterocycles. The number of benzene rings is 2. The van der Waals surface area contributed by atoms with Gasteiger partial charge in [0.05, 0.1) is 0 Å². The van der Waals surface area contributed by atoms with E-state index >= 15 is 0 Å². The Bertz CT molecular complexity index is 1090. The highest BCUT2D eigenvalue weighted by atomic mass is 16.6. The van der Waals surface area contributed by atoms with E-state index in [9.17, 15) is 24.6 Å². The predicted molar refractivity (Wildman–Crippen MR) is 150 cm³/mol. The highest BCUT2D eigenvalue weighted by Gasteiger charge is 2.36. The van der Waals surface area contributed by atoms with Gasteiger partial charge < -0.3 is 30.5 Å². The standard InChI is InChI=1S/C30H43N3O6/c1-7-8-9-17-33(26(27(36)31-20(2)3)22-11-10-12-24(35)19-22)28(37)25(32-29(38)39-30(4,5)6)18-21-13-15-23(34)16-14-21/h10-16,19-20,25-26,34-35H,7-9,17-18H2,1-6H3,(H,31,36)(H,32,38). The summed E-state index contributed by atoms with van der Waals surface area (Å²) in [4.78, 5) is 42.1. The minimum Gasteiger partial charge on any atom is -0.508 e. The van der Waals surface area contributed by atoms with Crippen molar-refractivity contribution in [3.05, 3.63) is 59.7 Å². The van der Waals surface area contributed by atoms with E-state index in [-0.39, 0.29) is 36.4 Å². The molecule has 0 saturated carbocycles. The summed E-state index contributed by atoms with van der Waals surface area (Å²) in [5.41, 5.74) is 0.382. The second kappa shape index (κ2) is 14.4. The Labute approximate surface area is 231 Å². The lowest BCUT2D eigenvalue weighted by molar-refractivity contribution is -0.142. The molecular formula is C30H43N3O6. The first kappa shape index (κ1) is 31.5. The molecule has 2 aromatic carbocycles. The number of alkyl carbamates (subject to hydrolysis) is 1. The number of hydrogen-bond acceptors (Lipinski definition) is 6. The van der Waals surface area contributed by atoms with Gasteiger partial charge in [-0.25, -0.2) is 4.79 Å². The van der Waals surface area contributed by atoms with Gasteiger partial charge in [0.25, 0.3) is 0 Å². The van der Waals surface area contributed by atoms with Gasteiger partial charge in [-0.1, -0.05) is 44.0 Å². The number of nitrogens with one attached hydrogen (secondary N) is 2. The molecule has 9 nitrogen and oxygen atoms in total. The lowest BCUT2D eigenvalue weighted by atomic mass is 9.99. The van der Waals surface area contributed by atoms with Crippen LogP contribution in [0.15, 0.2) is 48.5 Å². The van der Waals surface area contributed by atoms with Crippen LogP contribution in [0.2, 0.25) is 0 Å². The van der Waals surface area contributed by atoms with Gasteiger partial charge in [-0.3, -0.25) is 9.59 Å². The summed E-state index contributed by atoms with van der Waals surface area (Å²) in [6.07, 6.45) is 1.74. The van der Waals surface area contributed by atoms with Crippen LogP contribution in [0.25, 0.3) is 0 Å². The first-order valence-corrected chi connectivity index (χ1v) is 13.5. The van der Waals surface area contributed by atoms with E-state index in [2.05, 4.69) is 10.6 Å². The predicted octanol–water partition coefficient (Wildman–Crippen LogP) is 4.82. The molecule has 39 heavy (non-hydrogen) atoms. The Balaban J connectivity index is 2.55. The molecule has 3 amide bonds. The number of aromatic hydroxyl groups is 2. The second-order valence-electron chi connectivity index (χ2n) is 11.0. The van der Waals surface area contributed by atoms with E-state index in [1.165, 1.54) is 29.2 Å². The molecule has 0 aliphatic rings. The Morgan fingerprint density at radius 1 is 0.949 bits per heavy atom. The van der Waals surface area contributed by atoms with E-state index < -0.39 is 29.7 Å². The fourth-order valence-corrected chi connectivity index (χ4v) is 4.15. The summed E-state index contributed by atoms with van der Waals surface area (Å²) in [5, 5.41) is 25.5. The summed E-state index contributed by atoms with van der Waals surface area (Å²) >= 11 is 0. The molecule has 2 unspecified atom stereocenters. The third kappa shape index (κ3) is 10.5. The smallest absolute Gasteiger partial charge is 0.408 e. The number of hydrogen-bond donors (Lipinski definition) is 4. The van der Waals surface area contributed by atoms with E-state index in [0.717, 1.165) is 12.8 Å². The summed E-state index contributed by atoms with van der Waals surface area (Å²) in [5.74, 6) is -0.793. The number of phenolic OH excluding ortho intramolecular Hbond substituents is 2. The molecule has 0 bridgehead atoms. The van der Waals surface area contributed by atoms with Crippen molar-refractivity contribution in [3.63, 3.8) is 0 Å². The number of ether oxygens (including phenoxy) is 1. The summed E-state index contributed by atoms with van der Waals surface area (Å²) in [6, 6.07) is 10.4.